The summed E-state index contributed by atoms with van der Waals surface area (Å²) >= 11 is 13.4. The monoisotopic (exact) mass is 512 g/mol. The molecule has 1 aromatic heterocycles. The number of fused-ring (bicyclic) bond motifs is 1. The molecular weight excluding hydrogens is 487 g/mol. The van der Waals surface area contributed by atoms with Gasteiger partial charge in [-0.2, -0.15) is 0 Å². The van der Waals surface area contributed by atoms with E-state index in [1.54, 1.807) is 20.4 Å². The van der Waals surface area contributed by atoms with E-state index >= 15 is 0 Å². The number of rotatable bonds is 7. The predicted molar refractivity (Wildman–Crippen MR) is 140 cm³/mol. The highest BCUT2D eigenvalue weighted by Crippen LogP contribution is 2.45. The summed E-state index contributed by atoms with van der Waals surface area (Å²) in [6.45, 7) is 2.02. The molecule has 1 saturated carbocycles. The molecule has 1 amide bonds. The normalized spacial score (nSPS) is 17.1. The minimum atomic E-state index is -0.418. The number of hydrogen-bond acceptors (Lipinski definition) is 6. The molecule has 3 aromatic rings. The molecule has 0 saturated heterocycles. The van der Waals surface area contributed by atoms with Crippen LogP contribution >= 0.6 is 23.2 Å². The number of carbonyl (C=O) groups is 1. The maximum Gasteiger partial charge on any atom is 0.295 e. The Bertz CT molecular complexity index is 1290. The lowest BCUT2D eigenvalue weighted by atomic mass is 9.99. The number of aryl methyl sites for hydroxylation is 1. The van der Waals surface area contributed by atoms with Crippen LogP contribution in [0, 0.1) is 12.3 Å². The molecule has 1 heterocycles. The van der Waals surface area contributed by atoms with Crippen molar-refractivity contribution in [2.75, 3.05) is 19.5 Å². The standard InChI is InChI=1S/C26H26Cl2N4O3/c1-5-14-11-19(34-3)24(28)22(23(14)27)15-10-16-13-29-26(32-25(16)20(12-15)35-4)31-18-9-7-8-17(18)30-21(33)6-2/h2,10-13,17-18H,5,7-9H2,1,3-4H3,(H,30,33)(H,29,31,32)/t17-,18+/m0/s1. The van der Waals surface area contributed by atoms with Crippen LogP contribution in [0.25, 0.3) is 22.0 Å². The van der Waals surface area contributed by atoms with E-state index in [1.807, 2.05) is 25.1 Å². The van der Waals surface area contributed by atoms with Gasteiger partial charge in [-0.25, -0.2) is 9.97 Å². The average molecular weight is 513 g/mol. The third-order valence-electron chi connectivity index (χ3n) is 6.28. The van der Waals surface area contributed by atoms with Crippen molar-refractivity contribution in [2.45, 2.75) is 44.7 Å². The molecule has 0 radical (unpaired) electrons. The first-order valence-electron chi connectivity index (χ1n) is 11.3. The lowest BCUT2D eigenvalue weighted by Gasteiger charge is -2.21. The molecule has 2 atom stereocenters. The number of methoxy groups -OCH3 is 2. The van der Waals surface area contributed by atoms with Crippen molar-refractivity contribution >= 4 is 46.0 Å². The van der Waals surface area contributed by atoms with E-state index in [9.17, 15) is 4.79 Å². The number of ether oxygens (including phenoxy) is 2. The maximum atomic E-state index is 11.7. The number of halogens is 2. The van der Waals surface area contributed by atoms with E-state index in [0.29, 0.717) is 38.6 Å². The van der Waals surface area contributed by atoms with Crippen LogP contribution in [0.4, 0.5) is 5.95 Å². The molecule has 1 aliphatic rings. The van der Waals surface area contributed by atoms with Crippen molar-refractivity contribution in [2.24, 2.45) is 0 Å². The summed E-state index contributed by atoms with van der Waals surface area (Å²) in [5.41, 5.74) is 3.02. The van der Waals surface area contributed by atoms with Crippen molar-refractivity contribution in [3.05, 3.63) is 40.0 Å². The molecule has 35 heavy (non-hydrogen) atoms. The third kappa shape index (κ3) is 4.95. The molecule has 182 valence electrons. The zero-order valence-electron chi connectivity index (χ0n) is 19.7. The molecule has 0 aliphatic heterocycles. The molecule has 7 nitrogen and oxygen atoms in total. The van der Waals surface area contributed by atoms with Gasteiger partial charge < -0.3 is 20.1 Å². The van der Waals surface area contributed by atoms with Crippen LogP contribution in [0.2, 0.25) is 10.0 Å². The fraction of sp³-hybridized carbons (Fsp3) is 0.346. The molecule has 1 aliphatic carbocycles. The highest BCUT2D eigenvalue weighted by Gasteiger charge is 2.29. The number of nitrogens with zero attached hydrogens (tertiary/aromatic N) is 2. The van der Waals surface area contributed by atoms with E-state index in [1.165, 1.54) is 0 Å². The Morgan fingerprint density at radius 1 is 1.14 bits per heavy atom. The minimum Gasteiger partial charge on any atom is -0.495 e. The molecular formula is C26H26Cl2N4O3. The summed E-state index contributed by atoms with van der Waals surface area (Å²) in [5.74, 6) is 3.24. The van der Waals surface area contributed by atoms with E-state index in [2.05, 4.69) is 21.5 Å². The van der Waals surface area contributed by atoms with Crippen molar-refractivity contribution in [3.63, 3.8) is 0 Å². The zero-order valence-corrected chi connectivity index (χ0v) is 21.3. The number of anilines is 1. The van der Waals surface area contributed by atoms with Crippen LogP contribution in [0.5, 0.6) is 11.5 Å². The lowest BCUT2D eigenvalue weighted by Crippen LogP contribution is -2.43. The fourth-order valence-corrected chi connectivity index (χ4v) is 5.26. The fourth-order valence-electron chi connectivity index (χ4n) is 4.49. The quantitative estimate of drug-likeness (QED) is 0.419. The van der Waals surface area contributed by atoms with Crippen molar-refractivity contribution in [1.29, 1.82) is 0 Å². The summed E-state index contributed by atoms with van der Waals surface area (Å²) < 4.78 is 11.2. The Morgan fingerprint density at radius 2 is 1.89 bits per heavy atom. The van der Waals surface area contributed by atoms with Gasteiger partial charge in [0.25, 0.3) is 5.91 Å². The van der Waals surface area contributed by atoms with E-state index in [0.717, 1.165) is 42.2 Å². The Hall–Kier alpha value is -3.21. The first-order chi connectivity index (χ1) is 16.9. The van der Waals surface area contributed by atoms with Crippen molar-refractivity contribution < 1.29 is 14.3 Å². The Kier molecular flexibility index (Phi) is 7.54. The second-order valence-corrected chi connectivity index (χ2v) is 9.07. The van der Waals surface area contributed by atoms with Crippen molar-refractivity contribution in [3.8, 4) is 35.0 Å². The molecule has 2 N–H and O–H groups in total. The second-order valence-electron chi connectivity index (χ2n) is 8.31. The van der Waals surface area contributed by atoms with Crippen LogP contribution in [0.1, 0.15) is 31.7 Å². The van der Waals surface area contributed by atoms with Gasteiger partial charge in [0.1, 0.15) is 17.0 Å². The Balaban J connectivity index is 1.73. The number of nitrogens with one attached hydrogen (secondary N) is 2. The molecule has 0 spiro atoms. The smallest absolute Gasteiger partial charge is 0.295 e. The number of amides is 1. The van der Waals surface area contributed by atoms with Gasteiger partial charge in [-0.05, 0) is 60.9 Å². The first-order valence-corrected chi connectivity index (χ1v) is 12.1. The minimum absolute atomic E-state index is 0.0168. The van der Waals surface area contributed by atoms with Gasteiger partial charge in [0.15, 0.2) is 0 Å². The molecule has 1 fully saturated rings. The second kappa shape index (κ2) is 10.6. The Labute approximate surface area is 214 Å². The number of aromatic nitrogens is 2. The summed E-state index contributed by atoms with van der Waals surface area (Å²) in [6.07, 6.45) is 10.3. The number of terminal acetylenes is 1. The lowest BCUT2D eigenvalue weighted by molar-refractivity contribution is -0.116. The van der Waals surface area contributed by atoms with Gasteiger partial charge in [-0.3, -0.25) is 4.79 Å². The zero-order chi connectivity index (χ0) is 25.1. The van der Waals surface area contributed by atoms with Crippen LogP contribution in [0.3, 0.4) is 0 Å². The topological polar surface area (TPSA) is 85.4 Å². The molecule has 0 bridgehead atoms. The van der Waals surface area contributed by atoms with E-state index < -0.39 is 5.91 Å². The summed E-state index contributed by atoms with van der Waals surface area (Å²) in [6, 6.07) is 5.55. The molecule has 9 heteroatoms. The molecule has 0 unspecified atom stereocenters. The largest absolute Gasteiger partial charge is 0.495 e. The number of benzene rings is 2. The number of hydrogen-bond donors (Lipinski definition) is 2. The first kappa shape index (κ1) is 24.9. The van der Waals surface area contributed by atoms with Gasteiger partial charge in [-0.15, -0.1) is 6.42 Å². The SMILES string of the molecule is C#CC(=O)N[C@H]1CCC[C@H]1Nc1ncc2cc(-c3c(Cl)c(CC)cc(OC)c3Cl)cc(OC)c2n1. The molecule has 4 rings (SSSR count). The van der Waals surface area contributed by atoms with Gasteiger partial charge >= 0.3 is 0 Å². The Morgan fingerprint density at radius 3 is 2.57 bits per heavy atom. The van der Waals surface area contributed by atoms with Gasteiger partial charge in [0, 0.05) is 29.2 Å². The predicted octanol–water partition coefficient (Wildman–Crippen LogP) is 5.27. The summed E-state index contributed by atoms with van der Waals surface area (Å²) in [5, 5.41) is 7.96. The van der Waals surface area contributed by atoms with E-state index in [4.69, 9.17) is 44.1 Å². The maximum absolute atomic E-state index is 11.7. The summed E-state index contributed by atoms with van der Waals surface area (Å²) in [4.78, 5) is 20.9. The van der Waals surface area contributed by atoms with Crippen LogP contribution in [-0.2, 0) is 11.2 Å². The van der Waals surface area contributed by atoms with Crippen molar-refractivity contribution in [1.82, 2.24) is 15.3 Å². The van der Waals surface area contributed by atoms with Crippen LogP contribution in [0.15, 0.2) is 24.4 Å². The highest BCUT2D eigenvalue weighted by atomic mass is 35.5. The van der Waals surface area contributed by atoms with Gasteiger partial charge in [0.2, 0.25) is 5.95 Å². The van der Waals surface area contributed by atoms with Crippen LogP contribution < -0.4 is 20.1 Å². The van der Waals surface area contributed by atoms with Crippen LogP contribution in [-0.4, -0.2) is 42.2 Å². The highest BCUT2D eigenvalue weighted by molar-refractivity contribution is 6.40. The van der Waals surface area contributed by atoms with E-state index in [-0.39, 0.29) is 12.1 Å². The molecule has 2 aromatic carbocycles. The number of carbonyl (C=O) groups excluding carboxylic acids is 1. The third-order valence-corrected chi connectivity index (χ3v) is 7.09. The van der Waals surface area contributed by atoms with Gasteiger partial charge in [-0.1, -0.05) is 30.1 Å². The summed E-state index contributed by atoms with van der Waals surface area (Å²) in [7, 11) is 3.16. The van der Waals surface area contributed by atoms with Gasteiger partial charge in [0.05, 0.1) is 24.3 Å². The average Bonchev–Trinajstić information content (AvgIpc) is 3.29.